The van der Waals surface area contributed by atoms with Crippen LogP contribution in [0.2, 0.25) is 0 Å². The third-order valence-electron chi connectivity index (χ3n) is 3.72. The molecule has 3 nitrogen and oxygen atoms in total. The normalized spacial score (nSPS) is 22.8. The Bertz CT molecular complexity index is 411. The van der Waals surface area contributed by atoms with Gasteiger partial charge in [0.15, 0.2) is 11.5 Å². The van der Waals surface area contributed by atoms with Gasteiger partial charge in [0.1, 0.15) is 0 Å². The molecule has 1 atom stereocenters. The minimum atomic E-state index is 0.365. The van der Waals surface area contributed by atoms with Crippen molar-refractivity contribution < 1.29 is 9.47 Å². The average molecular weight is 233 g/mol. The van der Waals surface area contributed by atoms with E-state index in [1.807, 2.05) is 6.07 Å². The molecule has 1 aromatic carbocycles. The standard InChI is InChI=1S/C14H19NO2/c1-2-10-11(12-5-3-4-8-15-12)6-7-13-14(10)17-9-16-13/h6-7,12,15H,2-5,8-9H2,1H3. The highest BCUT2D eigenvalue weighted by molar-refractivity contribution is 5.53. The molecular weight excluding hydrogens is 214 g/mol. The maximum Gasteiger partial charge on any atom is 0.231 e. The van der Waals surface area contributed by atoms with E-state index < -0.39 is 0 Å². The molecule has 92 valence electrons. The van der Waals surface area contributed by atoms with Crippen LogP contribution < -0.4 is 14.8 Å². The van der Waals surface area contributed by atoms with Gasteiger partial charge in [0.25, 0.3) is 0 Å². The molecule has 0 aliphatic carbocycles. The van der Waals surface area contributed by atoms with Crippen LogP contribution in [0.1, 0.15) is 43.4 Å². The minimum Gasteiger partial charge on any atom is -0.454 e. The van der Waals surface area contributed by atoms with Gasteiger partial charge in [-0.2, -0.15) is 0 Å². The summed E-state index contributed by atoms with van der Waals surface area (Å²) >= 11 is 0. The molecular formula is C14H19NO2. The second-order valence-electron chi connectivity index (χ2n) is 4.72. The fourth-order valence-electron chi connectivity index (χ4n) is 2.85. The summed E-state index contributed by atoms with van der Waals surface area (Å²) in [5, 5.41) is 3.60. The van der Waals surface area contributed by atoms with Gasteiger partial charge in [0.05, 0.1) is 0 Å². The number of fused-ring (bicyclic) bond motifs is 1. The molecule has 0 bridgehead atoms. The Hall–Kier alpha value is -1.22. The lowest BCUT2D eigenvalue weighted by Crippen LogP contribution is -2.27. The molecule has 1 unspecified atom stereocenters. The number of hydrogen-bond acceptors (Lipinski definition) is 3. The summed E-state index contributed by atoms with van der Waals surface area (Å²) in [5.74, 6) is 1.87. The summed E-state index contributed by atoms with van der Waals surface area (Å²) in [6.07, 6.45) is 4.84. The van der Waals surface area contributed by atoms with Gasteiger partial charge in [-0.25, -0.2) is 0 Å². The van der Waals surface area contributed by atoms with Crippen molar-refractivity contribution in [3.05, 3.63) is 23.3 Å². The molecule has 2 aliphatic heterocycles. The van der Waals surface area contributed by atoms with Crippen molar-refractivity contribution in [2.45, 2.75) is 38.6 Å². The molecule has 0 aromatic heterocycles. The molecule has 1 aromatic rings. The number of nitrogens with one attached hydrogen (secondary N) is 1. The van der Waals surface area contributed by atoms with E-state index in [0.29, 0.717) is 12.8 Å². The van der Waals surface area contributed by atoms with Crippen molar-refractivity contribution in [3.8, 4) is 11.5 Å². The number of ether oxygens (including phenoxy) is 2. The van der Waals surface area contributed by atoms with E-state index in [1.165, 1.54) is 30.4 Å². The quantitative estimate of drug-likeness (QED) is 0.852. The first-order chi connectivity index (χ1) is 8.40. The maximum atomic E-state index is 5.60. The molecule has 1 N–H and O–H groups in total. The highest BCUT2D eigenvalue weighted by Crippen LogP contribution is 2.40. The van der Waals surface area contributed by atoms with Crippen molar-refractivity contribution in [1.82, 2.24) is 5.32 Å². The van der Waals surface area contributed by atoms with Crippen LogP contribution in [-0.2, 0) is 6.42 Å². The zero-order chi connectivity index (χ0) is 11.7. The van der Waals surface area contributed by atoms with Gasteiger partial charge < -0.3 is 14.8 Å². The van der Waals surface area contributed by atoms with Gasteiger partial charge >= 0.3 is 0 Å². The SMILES string of the molecule is CCc1c(C2CCCCN2)ccc2c1OCO2. The highest BCUT2D eigenvalue weighted by atomic mass is 16.7. The summed E-state index contributed by atoms with van der Waals surface area (Å²) < 4.78 is 11.0. The summed E-state index contributed by atoms with van der Waals surface area (Å²) in [7, 11) is 0. The van der Waals surface area contributed by atoms with Gasteiger partial charge in [0, 0.05) is 11.6 Å². The Morgan fingerprint density at radius 3 is 3.00 bits per heavy atom. The van der Waals surface area contributed by atoms with E-state index in [2.05, 4.69) is 18.3 Å². The summed E-state index contributed by atoms with van der Waals surface area (Å²) in [5.41, 5.74) is 2.72. The first kappa shape index (κ1) is 10.9. The van der Waals surface area contributed by atoms with Gasteiger partial charge in [0.2, 0.25) is 6.79 Å². The van der Waals surface area contributed by atoms with E-state index in [4.69, 9.17) is 9.47 Å². The third-order valence-corrected chi connectivity index (χ3v) is 3.72. The number of benzene rings is 1. The van der Waals surface area contributed by atoms with E-state index in [1.54, 1.807) is 0 Å². The molecule has 2 aliphatic rings. The van der Waals surface area contributed by atoms with Crippen LogP contribution in [0.25, 0.3) is 0 Å². The highest BCUT2D eigenvalue weighted by Gasteiger charge is 2.24. The van der Waals surface area contributed by atoms with E-state index >= 15 is 0 Å². The fraction of sp³-hybridized carbons (Fsp3) is 0.571. The lowest BCUT2D eigenvalue weighted by atomic mass is 9.92. The van der Waals surface area contributed by atoms with Crippen LogP contribution in [0.4, 0.5) is 0 Å². The zero-order valence-electron chi connectivity index (χ0n) is 10.3. The fourth-order valence-corrected chi connectivity index (χ4v) is 2.85. The smallest absolute Gasteiger partial charge is 0.231 e. The van der Waals surface area contributed by atoms with Crippen molar-refractivity contribution in [3.63, 3.8) is 0 Å². The van der Waals surface area contributed by atoms with Crippen LogP contribution in [0.3, 0.4) is 0 Å². The molecule has 1 fully saturated rings. The first-order valence-electron chi connectivity index (χ1n) is 6.55. The van der Waals surface area contributed by atoms with Gasteiger partial charge in [-0.05, 0) is 37.4 Å². The van der Waals surface area contributed by atoms with Crippen LogP contribution in [-0.4, -0.2) is 13.3 Å². The molecule has 17 heavy (non-hydrogen) atoms. The van der Waals surface area contributed by atoms with Crippen LogP contribution in [0.15, 0.2) is 12.1 Å². The van der Waals surface area contributed by atoms with Crippen molar-refractivity contribution in [2.24, 2.45) is 0 Å². The monoisotopic (exact) mass is 233 g/mol. The minimum absolute atomic E-state index is 0.365. The summed E-state index contributed by atoms with van der Waals surface area (Å²) in [6, 6.07) is 4.75. The predicted octanol–water partition coefficient (Wildman–Crippen LogP) is 2.79. The Balaban J connectivity index is 1.98. The Labute approximate surface area is 102 Å². The lowest BCUT2D eigenvalue weighted by molar-refractivity contribution is 0.173. The third kappa shape index (κ3) is 1.89. The molecule has 0 saturated carbocycles. The van der Waals surface area contributed by atoms with Gasteiger partial charge in [-0.15, -0.1) is 0 Å². The number of rotatable bonds is 2. The maximum absolute atomic E-state index is 5.60. The van der Waals surface area contributed by atoms with Crippen LogP contribution >= 0.6 is 0 Å². The van der Waals surface area contributed by atoms with Crippen molar-refractivity contribution >= 4 is 0 Å². The van der Waals surface area contributed by atoms with Crippen LogP contribution in [0, 0.1) is 0 Å². The molecule has 0 radical (unpaired) electrons. The molecule has 3 heteroatoms. The Morgan fingerprint density at radius 1 is 1.29 bits per heavy atom. The predicted molar refractivity (Wildman–Crippen MR) is 66.5 cm³/mol. The average Bonchev–Trinajstić information content (AvgIpc) is 2.86. The largest absolute Gasteiger partial charge is 0.454 e. The van der Waals surface area contributed by atoms with E-state index in [-0.39, 0.29) is 0 Å². The molecule has 0 amide bonds. The second kappa shape index (κ2) is 4.57. The van der Waals surface area contributed by atoms with Crippen molar-refractivity contribution in [1.29, 1.82) is 0 Å². The van der Waals surface area contributed by atoms with Crippen LogP contribution in [0.5, 0.6) is 11.5 Å². The molecule has 2 heterocycles. The summed E-state index contributed by atoms with van der Waals surface area (Å²) in [6.45, 7) is 3.68. The molecule has 3 rings (SSSR count). The van der Waals surface area contributed by atoms with E-state index in [0.717, 1.165) is 24.5 Å². The van der Waals surface area contributed by atoms with Gasteiger partial charge in [-0.3, -0.25) is 0 Å². The van der Waals surface area contributed by atoms with Crippen molar-refractivity contribution in [2.75, 3.05) is 13.3 Å². The first-order valence-corrected chi connectivity index (χ1v) is 6.55. The molecule has 0 spiro atoms. The Morgan fingerprint density at radius 2 is 2.24 bits per heavy atom. The molecule has 1 saturated heterocycles. The Kier molecular flexibility index (Phi) is 2.93. The zero-order valence-corrected chi connectivity index (χ0v) is 10.3. The second-order valence-corrected chi connectivity index (χ2v) is 4.72. The number of hydrogen-bond donors (Lipinski definition) is 1. The summed E-state index contributed by atoms with van der Waals surface area (Å²) in [4.78, 5) is 0. The van der Waals surface area contributed by atoms with Gasteiger partial charge in [-0.1, -0.05) is 19.4 Å². The van der Waals surface area contributed by atoms with E-state index in [9.17, 15) is 0 Å². The lowest BCUT2D eigenvalue weighted by Gasteiger charge is -2.26. The topological polar surface area (TPSA) is 30.5 Å². The number of piperidine rings is 1.